The van der Waals surface area contributed by atoms with Crippen molar-refractivity contribution in [3.8, 4) is 11.1 Å². The maximum atomic E-state index is 12.3. The van der Waals surface area contributed by atoms with Gasteiger partial charge in [-0.15, -0.1) is 0 Å². The van der Waals surface area contributed by atoms with Gasteiger partial charge in [-0.3, -0.25) is 5.32 Å². The van der Waals surface area contributed by atoms with Gasteiger partial charge in [-0.25, -0.2) is 9.59 Å². The minimum atomic E-state index is -0.516. The van der Waals surface area contributed by atoms with Crippen LogP contribution < -0.4 is 5.32 Å². The molecule has 6 heteroatoms. The van der Waals surface area contributed by atoms with Gasteiger partial charge in [0.15, 0.2) is 0 Å². The summed E-state index contributed by atoms with van der Waals surface area (Å²) in [4.78, 5) is 26.1. The number of ether oxygens (including phenoxy) is 2. The van der Waals surface area contributed by atoms with Gasteiger partial charge in [-0.2, -0.15) is 0 Å². The predicted molar refractivity (Wildman–Crippen MR) is 113 cm³/mol. The highest BCUT2D eigenvalue weighted by Crippen LogP contribution is 2.27. The van der Waals surface area contributed by atoms with Crippen molar-refractivity contribution in [2.24, 2.45) is 5.92 Å². The molecule has 0 aliphatic carbocycles. The van der Waals surface area contributed by atoms with Crippen LogP contribution in [0, 0.1) is 5.92 Å². The fourth-order valence-electron chi connectivity index (χ4n) is 3.26. The van der Waals surface area contributed by atoms with Crippen LogP contribution in [0.15, 0.2) is 54.6 Å². The second kappa shape index (κ2) is 8.99. The van der Waals surface area contributed by atoms with Crippen molar-refractivity contribution < 1.29 is 19.1 Å². The number of hydrogen-bond donors (Lipinski definition) is 1. The zero-order chi connectivity index (χ0) is 20.9. The molecule has 1 aliphatic heterocycles. The molecule has 0 aromatic heterocycles. The number of carbonyl (C=O) groups is 2. The number of carbonyl (C=O) groups excluding carboxylic acids is 2. The Morgan fingerprint density at radius 3 is 2.48 bits per heavy atom. The summed E-state index contributed by atoms with van der Waals surface area (Å²) in [6.45, 7) is 6.94. The van der Waals surface area contributed by atoms with Crippen molar-refractivity contribution >= 4 is 17.9 Å². The molecule has 0 bridgehead atoms. The largest absolute Gasteiger partial charge is 0.449 e. The van der Waals surface area contributed by atoms with E-state index >= 15 is 0 Å². The third-order valence-corrected chi connectivity index (χ3v) is 4.64. The first-order valence-electron chi connectivity index (χ1n) is 9.88. The van der Waals surface area contributed by atoms with E-state index in [9.17, 15) is 9.59 Å². The Kier molecular flexibility index (Phi) is 6.42. The van der Waals surface area contributed by atoms with Crippen molar-refractivity contribution in [1.29, 1.82) is 0 Å². The van der Waals surface area contributed by atoms with Crippen LogP contribution in [0.1, 0.15) is 27.2 Å². The summed E-state index contributed by atoms with van der Waals surface area (Å²) in [6, 6.07) is 17.5. The Balaban J connectivity index is 1.51. The first-order chi connectivity index (χ1) is 13.8. The number of amides is 2. The molecule has 1 aliphatic rings. The molecule has 29 heavy (non-hydrogen) atoms. The van der Waals surface area contributed by atoms with Crippen LogP contribution >= 0.6 is 0 Å². The molecular formula is C23H28N2O4. The average Bonchev–Trinajstić information content (AvgIpc) is 3.16. The number of nitrogens with zero attached hydrogens (tertiary/aromatic N) is 1. The molecule has 6 nitrogen and oxygen atoms in total. The van der Waals surface area contributed by atoms with E-state index in [4.69, 9.17) is 9.47 Å². The maximum Gasteiger partial charge on any atom is 0.411 e. The number of hydrogen-bond acceptors (Lipinski definition) is 4. The van der Waals surface area contributed by atoms with Gasteiger partial charge < -0.3 is 14.4 Å². The van der Waals surface area contributed by atoms with Gasteiger partial charge in [0.1, 0.15) is 5.60 Å². The van der Waals surface area contributed by atoms with E-state index < -0.39 is 11.7 Å². The van der Waals surface area contributed by atoms with Gasteiger partial charge in [0.2, 0.25) is 0 Å². The Morgan fingerprint density at radius 2 is 1.76 bits per heavy atom. The van der Waals surface area contributed by atoms with Gasteiger partial charge in [0.25, 0.3) is 0 Å². The number of likely N-dealkylation sites (tertiary alicyclic amines) is 1. The summed E-state index contributed by atoms with van der Waals surface area (Å²) < 4.78 is 10.8. The number of para-hydroxylation sites is 1. The molecule has 2 amide bonds. The summed E-state index contributed by atoms with van der Waals surface area (Å²) >= 11 is 0. The predicted octanol–water partition coefficient (Wildman–Crippen LogP) is 5.16. The molecule has 2 aromatic carbocycles. The molecule has 1 fully saturated rings. The fraction of sp³-hybridized carbons (Fsp3) is 0.391. The molecule has 0 unspecified atom stereocenters. The molecule has 1 atom stereocenters. The molecule has 1 N–H and O–H groups in total. The number of rotatable bonds is 4. The van der Waals surface area contributed by atoms with Crippen LogP contribution in [0.2, 0.25) is 0 Å². The van der Waals surface area contributed by atoms with E-state index in [1.54, 1.807) is 4.90 Å². The molecule has 1 saturated heterocycles. The van der Waals surface area contributed by atoms with E-state index in [-0.39, 0.29) is 18.6 Å². The van der Waals surface area contributed by atoms with Gasteiger partial charge in [0, 0.05) is 24.6 Å². The van der Waals surface area contributed by atoms with Gasteiger partial charge in [-0.1, -0.05) is 48.5 Å². The van der Waals surface area contributed by atoms with E-state index in [0.29, 0.717) is 18.8 Å². The second-order valence-electron chi connectivity index (χ2n) is 8.22. The Labute approximate surface area is 171 Å². The minimum absolute atomic E-state index is 0.109. The topological polar surface area (TPSA) is 67.9 Å². The summed E-state index contributed by atoms with van der Waals surface area (Å²) in [7, 11) is 0. The average molecular weight is 396 g/mol. The third kappa shape index (κ3) is 5.98. The standard InChI is InChI=1S/C23H28N2O4/c1-23(2,3)29-22(27)25-14-13-17(15-25)16-28-21(26)24-20-12-8-7-11-19(20)18-9-5-4-6-10-18/h4-12,17H,13-16H2,1-3H3,(H,24,26)/t17-/m1/s1. The monoisotopic (exact) mass is 396 g/mol. The zero-order valence-electron chi connectivity index (χ0n) is 17.2. The van der Waals surface area contributed by atoms with E-state index in [0.717, 1.165) is 17.5 Å². The molecule has 0 radical (unpaired) electrons. The number of anilines is 1. The SMILES string of the molecule is CC(C)(C)OC(=O)N1CC[C@@H](COC(=O)Nc2ccccc2-c2ccccc2)C1. The maximum absolute atomic E-state index is 12.3. The van der Waals surface area contributed by atoms with Crippen LogP contribution in [0.25, 0.3) is 11.1 Å². The molecule has 2 aromatic rings. The molecule has 3 rings (SSSR count). The normalized spacial score (nSPS) is 16.4. The molecule has 154 valence electrons. The first-order valence-corrected chi connectivity index (χ1v) is 9.88. The Hall–Kier alpha value is -3.02. The fourth-order valence-corrected chi connectivity index (χ4v) is 3.26. The van der Waals surface area contributed by atoms with Gasteiger partial charge in [0.05, 0.1) is 12.3 Å². The molecule has 1 heterocycles. The van der Waals surface area contributed by atoms with E-state index in [2.05, 4.69) is 5.32 Å². The first kappa shape index (κ1) is 20.7. The summed E-state index contributed by atoms with van der Waals surface area (Å²) in [5.41, 5.74) is 2.14. The van der Waals surface area contributed by atoms with Crippen molar-refractivity contribution in [3.05, 3.63) is 54.6 Å². The van der Waals surface area contributed by atoms with Gasteiger partial charge in [-0.05, 0) is 38.8 Å². The third-order valence-electron chi connectivity index (χ3n) is 4.64. The van der Waals surface area contributed by atoms with Crippen LogP contribution in [0.4, 0.5) is 15.3 Å². The highest BCUT2D eigenvalue weighted by atomic mass is 16.6. The van der Waals surface area contributed by atoms with Crippen molar-refractivity contribution in [1.82, 2.24) is 4.90 Å². The van der Waals surface area contributed by atoms with Gasteiger partial charge >= 0.3 is 12.2 Å². The second-order valence-corrected chi connectivity index (χ2v) is 8.22. The highest BCUT2D eigenvalue weighted by Gasteiger charge is 2.30. The lowest BCUT2D eigenvalue weighted by Gasteiger charge is -2.24. The molecular weight excluding hydrogens is 368 g/mol. The van der Waals surface area contributed by atoms with E-state index in [1.807, 2.05) is 75.4 Å². The van der Waals surface area contributed by atoms with Crippen LogP contribution in [-0.4, -0.2) is 42.4 Å². The quantitative estimate of drug-likeness (QED) is 0.775. The lowest BCUT2D eigenvalue weighted by Crippen LogP contribution is -2.35. The number of nitrogens with one attached hydrogen (secondary N) is 1. The van der Waals surface area contributed by atoms with E-state index in [1.165, 1.54) is 0 Å². The lowest BCUT2D eigenvalue weighted by molar-refractivity contribution is 0.0283. The molecule has 0 saturated carbocycles. The van der Waals surface area contributed by atoms with Crippen molar-refractivity contribution in [3.63, 3.8) is 0 Å². The van der Waals surface area contributed by atoms with Crippen LogP contribution in [0.5, 0.6) is 0 Å². The summed E-state index contributed by atoms with van der Waals surface area (Å²) in [6.07, 6.45) is -0.0297. The summed E-state index contributed by atoms with van der Waals surface area (Å²) in [5.74, 6) is 0.109. The number of benzene rings is 2. The Morgan fingerprint density at radius 1 is 1.07 bits per heavy atom. The van der Waals surface area contributed by atoms with Crippen LogP contribution in [-0.2, 0) is 9.47 Å². The summed E-state index contributed by atoms with van der Waals surface area (Å²) in [5, 5.41) is 2.83. The Bertz CT molecular complexity index is 845. The lowest BCUT2D eigenvalue weighted by atomic mass is 10.0. The van der Waals surface area contributed by atoms with Crippen molar-refractivity contribution in [2.45, 2.75) is 32.8 Å². The van der Waals surface area contributed by atoms with Crippen molar-refractivity contribution in [2.75, 3.05) is 25.0 Å². The zero-order valence-corrected chi connectivity index (χ0v) is 17.2. The smallest absolute Gasteiger partial charge is 0.411 e. The molecule has 0 spiro atoms. The minimum Gasteiger partial charge on any atom is -0.449 e. The van der Waals surface area contributed by atoms with Crippen LogP contribution in [0.3, 0.4) is 0 Å². The highest BCUT2D eigenvalue weighted by molar-refractivity contribution is 5.91.